The Morgan fingerprint density at radius 1 is 0.708 bits per heavy atom. The minimum Gasteiger partial charge on any atom is -0.748 e. The summed E-state index contributed by atoms with van der Waals surface area (Å²) in [4.78, 5) is 56.6. The molecule has 3 aromatic carbocycles. The van der Waals surface area contributed by atoms with Crippen molar-refractivity contribution >= 4 is 65.6 Å². The molecule has 3 amide bonds. The van der Waals surface area contributed by atoms with Gasteiger partial charge in [-0.25, -0.2) is 25.9 Å². The number of unbranched alkanes of at least 4 members (excludes halogenated alkanes) is 2. The lowest BCUT2D eigenvalue weighted by Crippen LogP contribution is -2.40. The van der Waals surface area contributed by atoms with Crippen LogP contribution in [0.15, 0.2) is 65.6 Å². The molecule has 0 spiro atoms. The molecule has 4 aromatic rings. The zero-order valence-corrected chi connectivity index (χ0v) is 38.3. The first kappa shape index (κ1) is 50.7. The molecule has 0 aliphatic carbocycles. The number of aromatic nitrogens is 1. The molecule has 1 aromatic heterocycles. The minimum atomic E-state index is -4.58. The number of rotatable bonds is 28. The minimum absolute atomic E-state index is 0.0257. The van der Waals surface area contributed by atoms with E-state index in [-0.39, 0.29) is 106 Å². The first-order valence-electron chi connectivity index (χ1n) is 21.1. The average Bonchev–Trinajstić information content (AvgIpc) is 3.58. The Morgan fingerprint density at radius 2 is 1.25 bits per heavy atom. The molecular weight excluding hydrogens is 891 g/mol. The van der Waals surface area contributed by atoms with Crippen molar-refractivity contribution in [2.24, 2.45) is 0 Å². The summed E-state index contributed by atoms with van der Waals surface area (Å²) in [6.07, 6.45) is 0.168. The van der Waals surface area contributed by atoms with Gasteiger partial charge in [0.1, 0.15) is 24.7 Å². The van der Waals surface area contributed by atoms with Crippen LogP contribution in [0.25, 0.3) is 21.8 Å². The SMILES string of the molecule is COCCOCCOc1ccc2c(c1)c(C(=O)N(CCCCCC(=O)ON1C(=O)CCC1=O)S(=O)(=O)c1ccc(C)cc1)c1cc(OCCOCCOC)ccc1[n+]2CCCS(=O)(=O)[O-]. The molecule has 21 heteroatoms. The molecule has 65 heavy (non-hydrogen) atoms. The Labute approximate surface area is 378 Å². The van der Waals surface area contributed by atoms with Gasteiger partial charge in [-0.1, -0.05) is 24.1 Å². The normalized spacial score (nSPS) is 13.2. The maximum atomic E-state index is 15.4. The van der Waals surface area contributed by atoms with Crippen LogP contribution in [0, 0.1) is 6.92 Å². The molecule has 19 nitrogen and oxygen atoms in total. The molecule has 0 radical (unpaired) electrons. The van der Waals surface area contributed by atoms with Crippen LogP contribution in [0.5, 0.6) is 11.5 Å². The zero-order valence-electron chi connectivity index (χ0n) is 36.7. The largest absolute Gasteiger partial charge is 0.748 e. The van der Waals surface area contributed by atoms with Crippen LogP contribution in [0.1, 0.15) is 60.9 Å². The number of hydroxylamine groups is 2. The Balaban J connectivity index is 1.58. The van der Waals surface area contributed by atoms with E-state index in [9.17, 15) is 35.8 Å². The molecule has 1 aliphatic heterocycles. The highest BCUT2D eigenvalue weighted by Gasteiger charge is 2.35. The molecule has 5 rings (SSSR count). The van der Waals surface area contributed by atoms with E-state index in [1.807, 2.05) is 0 Å². The third-order valence-electron chi connectivity index (χ3n) is 10.2. The molecule has 0 atom stereocenters. The van der Waals surface area contributed by atoms with Crippen LogP contribution < -0.4 is 14.0 Å². The number of methoxy groups -OCH3 is 2. The topological polar surface area (TPSA) is 235 Å². The first-order chi connectivity index (χ1) is 31.1. The number of amides is 3. The van der Waals surface area contributed by atoms with Gasteiger partial charge < -0.3 is 37.8 Å². The van der Waals surface area contributed by atoms with E-state index in [0.29, 0.717) is 54.0 Å². The summed E-state index contributed by atoms with van der Waals surface area (Å²) in [6, 6.07) is 15.9. The van der Waals surface area contributed by atoms with Crippen LogP contribution in [0.4, 0.5) is 0 Å². The highest BCUT2D eigenvalue weighted by molar-refractivity contribution is 7.89. The van der Waals surface area contributed by atoms with Gasteiger partial charge in [0.15, 0.2) is 6.54 Å². The molecule has 1 saturated heterocycles. The van der Waals surface area contributed by atoms with Gasteiger partial charge in [-0.3, -0.25) is 14.4 Å². The van der Waals surface area contributed by atoms with Crippen molar-refractivity contribution in [1.29, 1.82) is 0 Å². The molecule has 0 unspecified atom stereocenters. The van der Waals surface area contributed by atoms with Crippen molar-refractivity contribution in [1.82, 2.24) is 9.37 Å². The lowest BCUT2D eigenvalue weighted by atomic mass is 10.00. The molecule has 1 aliphatic rings. The molecule has 1 fully saturated rings. The summed E-state index contributed by atoms with van der Waals surface area (Å²) in [5.41, 5.74) is 1.57. The number of aryl methyl sites for hydroxylation is 2. The zero-order chi connectivity index (χ0) is 47.0. The fourth-order valence-electron chi connectivity index (χ4n) is 6.95. The van der Waals surface area contributed by atoms with E-state index in [0.717, 1.165) is 9.87 Å². The maximum Gasteiger partial charge on any atom is 0.333 e. The van der Waals surface area contributed by atoms with Gasteiger partial charge in [-0.2, -0.15) is 4.57 Å². The highest BCUT2D eigenvalue weighted by atomic mass is 32.2. The lowest BCUT2D eigenvalue weighted by molar-refractivity contribution is -0.645. The van der Waals surface area contributed by atoms with Gasteiger partial charge in [0.2, 0.25) is 11.0 Å². The molecular formula is C44H55N3O16S2. The standard InChI is InChI=1S/C44H55N3O16S2/c1-32-9-13-35(14-10-32)65(55,56)46(20-6-4-5-8-42(50)63-47-40(48)17-18-41(47)49)44(51)43-36-30-33(61-27-25-59-23-21-57-2)11-15-38(36)45(19-7-29-64(52,53)54)39-16-12-34(31-37(39)43)62-28-26-60-24-22-58-3/h9-16,30-31H,4-8,17-29H2,1-3H3. The number of pyridine rings is 1. The van der Waals surface area contributed by atoms with Crippen molar-refractivity contribution in [2.45, 2.75) is 63.3 Å². The van der Waals surface area contributed by atoms with Gasteiger partial charge in [-0.15, -0.1) is 5.06 Å². The van der Waals surface area contributed by atoms with Crippen LogP contribution in [-0.2, 0) is 64.9 Å². The van der Waals surface area contributed by atoms with Gasteiger partial charge in [0.25, 0.3) is 27.7 Å². The smallest absolute Gasteiger partial charge is 0.333 e. The number of benzene rings is 3. The van der Waals surface area contributed by atoms with Crippen molar-refractivity contribution in [3.63, 3.8) is 0 Å². The number of hydrogen-bond acceptors (Lipinski definition) is 16. The number of hydrogen-bond donors (Lipinski definition) is 0. The number of sulfonamides is 1. The highest BCUT2D eigenvalue weighted by Crippen LogP contribution is 2.33. The van der Waals surface area contributed by atoms with Crippen molar-refractivity contribution < 1.29 is 78.4 Å². The second kappa shape index (κ2) is 24.3. The summed E-state index contributed by atoms with van der Waals surface area (Å²) in [7, 11) is -6.04. The third-order valence-corrected chi connectivity index (χ3v) is 12.8. The average molecular weight is 946 g/mol. The van der Waals surface area contributed by atoms with Crippen LogP contribution in [0.2, 0.25) is 0 Å². The number of carbonyl (C=O) groups is 4. The predicted octanol–water partition coefficient (Wildman–Crippen LogP) is 3.61. The fourth-order valence-corrected chi connectivity index (χ4v) is 8.85. The van der Waals surface area contributed by atoms with E-state index in [1.165, 1.54) is 12.1 Å². The summed E-state index contributed by atoms with van der Waals surface area (Å²) >= 11 is 0. The van der Waals surface area contributed by atoms with E-state index in [4.69, 9.17) is 33.3 Å². The fraction of sp³-hybridized carbons (Fsp3) is 0.477. The van der Waals surface area contributed by atoms with Crippen molar-refractivity contribution in [2.75, 3.05) is 79.4 Å². The summed E-state index contributed by atoms with van der Waals surface area (Å²) in [6.45, 7) is 3.57. The predicted molar refractivity (Wildman–Crippen MR) is 232 cm³/mol. The van der Waals surface area contributed by atoms with Crippen molar-refractivity contribution in [3.8, 4) is 11.5 Å². The van der Waals surface area contributed by atoms with Crippen LogP contribution >= 0.6 is 0 Å². The van der Waals surface area contributed by atoms with Crippen LogP contribution in [0.3, 0.4) is 0 Å². The summed E-state index contributed by atoms with van der Waals surface area (Å²) in [5.74, 6) is -2.97. The van der Waals surface area contributed by atoms with Crippen LogP contribution in [-0.4, -0.2) is 134 Å². The number of fused-ring (bicyclic) bond motifs is 2. The van der Waals surface area contributed by atoms with Gasteiger partial charge >= 0.3 is 5.97 Å². The second-order valence-corrected chi connectivity index (χ2v) is 18.3. The molecule has 2 heterocycles. The Bertz CT molecular complexity index is 2420. The summed E-state index contributed by atoms with van der Waals surface area (Å²) in [5, 5.41) is 0.966. The van der Waals surface area contributed by atoms with Gasteiger partial charge in [0.05, 0.1) is 71.0 Å². The van der Waals surface area contributed by atoms with Gasteiger partial charge in [-0.05, 0) is 56.2 Å². The number of carbonyl (C=O) groups excluding carboxylic acids is 4. The van der Waals surface area contributed by atoms with E-state index in [2.05, 4.69) is 0 Å². The monoisotopic (exact) mass is 945 g/mol. The maximum absolute atomic E-state index is 15.4. The summed E-state index contributed by atoms with van der Waals surface area (Å²) < 4.78 is 100. The van der Waals surface area contributed by atoms with E-state index in [1.54, 1.807) is 74.2 Å². The van der Waals surface area contributed by atoms with Gasteiger partial charge in [0, 0.05) is 64.3 Å². The molecule has 0 N–H and O–H groups in total. The Morgan fingerprint density at radius 3 is 1.77 bits per heavy atom. The Kier molecular flexibility index (Phi) is 19.0. The molecule has 0 bridgehead atoms. The van der Waals surface area contributed by atoms with E-state index >= 15 is 4.79 Å². The second-order valence-electron chi connectivity index (χ2n) is 15.0. The first-order valence-corrected chi connectivity index (χ1v) is 24.1. The number of nitrogens with zero attached hydrogens (tertiary/aromatic N) is 3. The Hall–Kier alpha value is -5.29. The lowest BCUT2D eigenvalue weighted by Gasteiger charge is -2.24. The van der Waals surface area contributed by atoms with E-state index < -0.39 is 49.6 Å². The quantitative estimate of drug-likeness (QED) is 0.0260. The third kappa shape index (κ3) is 14.3. The molecule has 0 saturated carbocycles. The van der Waals surface area contributed by atoms with Crippen molar-refractivity contribution in [3.05, 3.63) is 71.8 Å². The molecule has 354 valence electrons. The number of imide groups is 1. The number of ether oxygens (including phenoxy) is 6.